The highest BCUT2D eigenvalue weighted by molar-refractivity contribution is 6.30. The van der Waals surface area contributed by atoms with E-state index in [0.717, 1.165) is 17.4 Å². The fourth-order valence-corrected chi connectivity index (χ4v) is 2.26. The Bertz CT molecular complexity index is 550. The Morgan fingerprint density at radius 1 is 1.30 bits per heavy atom. The Balaban J connectivity index is 1.97. The van der Waals surface area contributed by atoms with Crippen molar-refractivity contribution in [3.05, 3.63) is 47.0 Å². The molecule has 1 atom stereocenters. The minimum atomic E-state index is 0.220. The Kier molecular flexibility index (Phi) is 5.15. The lowest BCUT2D eigenvalue weighted by Crippen LogP contribution is -2.22. The van der Waals surface area contributed by atoms with Gasteiger partial charge in [0.25, 0.3) is 0 Å². The maximum Gasteiger partial charge on any atom is 0.140 e. The van der Waals surface area contributed by atoms with Gasteiger partial charge in [-0.15, -0.1) is 0 Å². The molecule has 1 aromatic carbocycles. The van der Waals surface area contributed by atoms with E-state index in [0.29, 0.717) is 12.5 Å². The Morgan fingerprint density at radius 2 is 2.10 bits per heavy atom. The summed E-state index contributed by atoms with van der Waals surface area (Å²) in [6.45, 7) is 8.05. The van der Waals surface area contributed by atoms with E-state index in [1.165, 1.54) is 5.56 Å². The second-order valence-electron chi connectivity index (χ2n) is 5.41. The molecule has 1 N–H and O–H groups in total. The molecule has 2 aromatic rings. The summed E-state index contributed by atoms with van der Waals surface area (Å²) in [4.78, 5) is 4.32. The van der Waals surface area contributed by atoms with Crippen molar-refractivity contribution >= 4 is 11.6 Å². The molecule has 0 radical (unpaired) electrons. The van der Waals surface area contributed by atoms with Crippen LogP contribution in [0.2, 0.25) is 5.02 Å². The zero-order valence-electron chi connectivity index (χ0n) is 12.2. The van der Waals surface area contributed by atoms with Gasteiger partial charge in [0.2, 0.25) is 0 Å². The van der Waals surface area contributed by atoms with Gasteiger partial charge in [-0.1, -0.05) is 37.6 Å². The van der Waals surface area contributed by atoms with Gasteiger partial charge in [-0.3, -0.25) is 0 Å². The first-order valence-electron chi connectivity index (χ1n) is 6.91. The van der Waals surface area contributed by atoms with Gasteiger partial charge < -0.3 is 5.32 Å². The lowest BCUT2D eigenvalue weighted by atomic mass is 10.1. The molecule has 5 heteroatoms. The van der Waals surface area contributed by atoms with Crippen molar-refractivity contribution in [3.8, 4) is 0 Å². The number of halogens is 1. The summed E-state index contributed by atoms with van der Waals surface area (Å²) in [5, 5.41) is 8.49. The summed E-state index contributed by atoms with van der Waals surface area (Å²) < 4.78 is 1.96. The number of aromatic nitrogens is 3. The van der Waals surface area contributed by atoms with Crippen LogP contribution in [0.4, 0.5) is 0 Å². The monoisotopic (exact) mass is 292 g/mol. The van der Waals surface area contributed by atoms with E-state index < -0.39 is 0 Å². The van der Waals surface area contributed by atoms with Gasteiger partial charge in [0.15, 0.2) is 0 Å². The van der Waals surface area contributed by atoms with E-state index in [9.17, 15) is 0 Å². The van der Waals surface area contributed by atoms with Crippen LogP contribution in [0.15, 0.2) is 30.6 Å². The predicted molar refractivity (Wildman–Crippen MR) is 81.6 cm³/mol. The molecule has 0 saturated carbocycles. The number of hydrogen-bond acceptors (Lipinski definition) is 3. The van der Waals surface area contributed by atoms with Crippen LogP contribution in [-0.4, -0.2) is 14.8 Å². The molecule has 0 aliphatic heterocycles. The minimum absolute atomic E-state index is 0.220. The average molecular weight is 293 g/mol. The van der Waals surface area contributed by atoms with E-state index in [-0.39, 0.29) is 6.04 Å². The third-order valence-corrected chi connectivity index (χ3v) is 3.38. The molecule has 0 fully saturated rings. The highest BCUT2D eigenvalue weighted by atomic mass is 35.5. The first kappa shape index (κ1) is 15.0. The summed E-state index contributed by atoms with van der Waals surface area (Å²) in [7, 11) is 0. The lowest BCUT2D eigenvalue weighted by Gasteiger charge is -2.15. The smallest absolute Gasteiger partial charge is 0.140 e. The number of nitrogens with zero attached hydrogens (tertiary/aromatic N) is 3. The molecule has 1 heterocycles. The molecule has 0 aliphatic rings. The van der Waals surface area contributed by atoms with Gasteiger partial charge in [0, 0.05) is 17.6 Å². The van der Waals surface area contributed by atoms with Crippen molar-refractivity contribution in [2.24, 2.45) is 5.92 Å². The molecular formula is C15H21ClN4. The fraction of sp³-hybridized carbons (Fsp3) is 0.467. The van der Waals surface area contributed by atoms with Gasteiger partial charge in [0.05, 0.1) is 6.54 Å². The fourth-order valence-electron chi connectivity index (χ4n) is 2.06. The van der Waals surface area contributed by atoms with Crippen molar-refractivity contribution in [1.82, 2.24) is 20.1 Å². The second kappa shape index (κ2) is 6.86. The molecule has 1 aromatic heterocycles. The Labute approximate surface area is 125 Å². The van der Waals surface area contributed by atoms with Crippen molar-refractivity contribution in [2.45, 2.75) is 39.9 Å². The average Bonchev–Trinajstić information content (AvgIpc) is 2.82. The van der Waals surface area contributed by atoms with Crippen LogP contribution >= 0.6 is 11.6 Å². The first-order valence-corrected chi connectivity index (χ1v) is 7.29. The Morgan fingerprint density at radius 3 is 2.80 bits per heavy atom. The zero-order valence-corrected chi connectivity index (χ0v) is 12.9. The van der Waals surface area contributed by atoms with E-state index in [1.54, 1.807) is 6.33 Å². The summed E-state index contributed by atoms with van der Waals surface area (Å²) in [5.74, 6) is 1.52. The molecule has 2 rings (SSSR count). The van der Waals surface area contributed by atoms with Gasteiger partial charge in [0.1, 0.15) is 12.2 Å². The third kappa shape index (κ3) is 4.05. The topological polar surface area (TPSA) is 42.7 Å². The summed E-state index contributed by atoms with van der Waals surface area (Å²) in [6.07, 6.45) is 1.61. The van der Waals surface area contributed by atoms with Crippen molar-refractivity contribution in [2.75, 3.05) is 0 Å². The summed E-state index contributed by atoms with van der Waals surface area (Å²) in [6, 6.07) is 8.13. The van der Waals surface area contributed by atoms with Crippen LogP contribution in [-0.2, 0) is 13.1 Å². The zero-order chi connectivity index (χ0) is 14.5. The molecular weight excluding hydrogens is 272 g/mol. The van der Waals surface area contributed by atoms with Crippen LogP contribution in [0.5, 0.6) is 0 Å². The summed E-state index contributed by atoms with van der Waals surface area (Å²) >= 11 is 6.02. The van der Waals surface area contributed by atoms with Gasteiger partial charge >= 0.3 is 0 Å². The van der Waals surface area contributed by atoms with E-state index in [4.69, 9.17) is 11.6 Å². The van der Waals surface area contributed by atoms with Crippen molar-refractivity contribution in [1.29, 1.82) is 0 Å². The molecule has 20 heavy (non-hydrogen) atoms. The Hall–Kier alpha value is -1.39. The molecule has 108 valence electrons. The van der Waals surface area contributed by atoms with Gasteiger partial charge in [-0.25, -0.2) is 9.67 Å². The maximum absolute atomic E-state index is 6.02. The molecule has 0 saturated heterocycles. The molecule has 4 nitrogen and oxygen atoms in total. The molecule has 0 bridgehead atoms. The molecule has 0 spiro atoms. The van der Waals surface area contributed by atoms with Crippen LogP contribution in [0.1, 0.15) is 38.2 Å². The highest BCUT2D eigenvalue weighted by Gasteiger charge is 2.09. The molecule has 0 amide bonds. The number of benzene rings is 1. The van der Waals surface area contributed by atoms with Crippen LogP contribution in [0.25, 0.3) is 0 Å². The highest BCUT2D eigenvalue weighted by Crippen LogP contribution is 2.17. The predicted octanol–water partition coefficient (Wildman–Crippen LogP) is 3.44. The van der Waals surface area contributed by atoms with Gasteiger partial charge in [-0.2, -0.15) is 5.10 Å². The SMILES string of the molecule is CC(C)Cn1ncnc1CN[C@H](C)c1cccc(Cl)c1. The van der Waals surface area contributed by atoms with Gasteiger partial charge in [-0.05, 0) is 30.5 Å². The van der Waals surface area contributed by atoms with Crippen LogP contribution < -0.4 is 5.32 Å². The second-order valence-corrected chi connectivity index (χ2v) is 5.85. The van der Waals surface area contributed by atoms with E-state index in [1.807, 2.05) is 22.9 Å². The van der Waals surface area contributed by atoms with Crippen molar-refractivity contribution < 1.29 is 0 Å². The largest absolute Gasteiger partial charge is 0.303 e. The lowest BCUT2D eigenvalue weighted by molar-refractivity contribution is 0.449. The quantitative estimate of drug-likeness (QED) is 0.887. The van der Waals surface area contributed by atoms with Crippen LogP contribution in [0.3, 0.4) is 0 Å². The van der Waals surface area contributed by atoms with E-state index >= 15 is 0 Å². The molecule has 0 aliphatic carbocycles. The number of hydrogen-bond donors (Lipinski definition) is 1. The normalized spacial score (nSPS) is 12.8. The number of nitrogens with one attached hydrogen (secondary N) is 1. The van der Waals surface area contributed by atoms with E-state index in [2.05, 4.69) is 42.2 Å². The van der Waals surface area contributed by atoms with Crippen LogP contribution in [0, 0.1) is 5.92 Å². The third-order valence-electron chi connectivity index (χ3n) is 3.15. The minimum Gasteiger partial charge on any atom is -0.303 e. The first-order chi connectivity index (χ1) is 9.56. The summed E-state index contributed by atoms with van der Waals surface area (Å²) in [5.41, 5.74) is 1.17. The number of rotatable bonds is 6. The standard InChI is InChI=1S/C15H21ClN4/c1-11(2)9-20-15(18-10-19-20)8-17-12(3)13-5-4-6-14(16)7-13/h4-7,10-12,17H,8-9H2,1-3H3/t12-/m1/s1. The molecule has 0 unspecified atom stereocenters. The van der Waals surface area contributed by atoms with Crippen molar-refractivity contribution in [3.63, 3.8) is 0 Å². The maximum atomic E-state index is 6.02.